The van der Waals surface area contributed by atoms with E-state index >= 15 is 0 Å². The summed E-state index contributed by atoms with van der Waals surface area (Å²) in [6.07, 6.45) is 1.31. The van der Waals surface area contributed by atoms with Crippen LogP contribution in [0.2, 0.25) is 19.6 Å². The summed E-state index contributed by atoms with van der Waals surface area (Å²) >= 11 is 0. The van der Waals surface area contributed by atoms with Crippen molar-refractivity contribution in [3.8, 4) is 0 Å². The number of hydrogen-bond donors (Lipinski definition) is 0. The molecular weight excluding hydrogens is 292 g/mol. The summed E-state index contributed by atoms with van der Waals surface area (Å²) in [5.41, 5.74) is 4.71. The Morgan fingerprint density at radius 2 is 1.17 bits per heavy atom. The minimum atomic E-state index is -1.18. The molecule has 0 heterocycles. The fourth-order valence-corrected chi connectivity index (χ4v) is 4.56. The largest absolute Gasteiger partial charge is 0.0775 e. The van der Waals surface area contributed by atoms with Gasteiger partial charge in [0.2, 0.25) is 0 Å². The van der Waals surface area contributed by atoms with Gasteiger partial charge in [-0.05, 0) is 40.4 Å². The molecule has 0 unspecified atom stereocenters. The molecule has 0 radical (unpaired) electrons. The zero-order chi connectivity index (χ0) is 16.8. The first-order valence-corrected chi connectivity index (χ1v) is 12.4. The van der Waals surface area contributed by atoms with Crippen LogP contribution in [0.3, 0.4) is 0 Å². The van der Waals surface area contributed by atoms with E-state index in [1.54, 1.807) is 5.19 Å². The van der Waals surface area contributed by atoms with Gasteiger partial charge in [0.05, 0.1) is 8.07 Å². The summed E-state index contributed by atoms with van der Waals surface area (Å²) in [7, 11) is -1.18. The average Bonchev–Trinajstić information content (AvgIpc) is 3.26. The molecule has 3 rings (SSSR count). The molecule has 1 heteroatoms. The van der Waals surface area contributed by atoms with Gasteiger partial charge in [-0.15, -0.1) is 0 Å². The molecule has 0 saturated heterocycles. The third-order valence-electron chi connectivity index (χ3n) is 5.20. The van der Waals surface area contributed by atoms with E-state index in [2.05, 4.69) is 88.9 Å². The average molecular weight is 323 g/mol. The van der Waals surface area contributed by atoms with E-state index in [0.29, 0.717) is 0 Å². The molecule has 2 aromatic carbocycles. The third-order valence-corrected chi connectivity index (χ3v) is 7.27. The van der Waals surface area contributed by atoms with Gasteiger partial charge >= 0.3 is 0 Å². The number of rotatable bonds is 3. The Labute approximate surface area is 143 Å². The van der Waals surface area contributed by atoms with Crippen LogP contribution in [0.4, 0.5) is 0 Å². The smallest absolute Gasteiger partial charge is 0.0656 e. The van der Waals surface area contributed by atoms with Crippen molar-refractivity contribution < 1.29 is 0 Å². The molecular formula is C22H30Si. The topological polar surface area (TPSA) is 0 Å². The number of hydrogen-bond acceptors (Lipinski definition) is 0. The first-order chi connectivity index (χ1) is 10.7. The highest BCUT2D eigenvalue weighted by atomic mass is 28.3. The van der Waals surface area contributed by atoms with Crippen molar-refractivity contribution in [1.29, 1.82) is 0 Å². The van der Waals surface area contributed by atoms with E-state index in [4.69, 9.17) is 0 Å². The summed E-state index contributed by atoms with van der Waals surface area (Å²) < 4.78 is 0. The highest BCUT2D eigenvalue weighted by Crippen LogP contribution is 2.54. The van der Waals surface area contributed by atoms with Crippen LogP contribution in [-0.4, -0.2) is 8.07 Å². The second-order valence-electron chi connectivity index (χ2n) is 9.19. The Balaban J connectivity index is 1.72. The Morgan fingerprint density at radius 3 is 1.57 bits per heavy atom. The van der Waals surface area contributed by atoms with Crippen molar-refractivity contribution in [2.75, 3.05) is 0 Å². The van der Waals surface area contributed by atoms with Crippen LogP contribution >= 0.6 is 0 Å². The second kappa shape index (κ2) is 5.63. The van der Waals surface area contributed by atoms with Crippen LogP contribution in [0.5, 0.6) is 0 Å². The van der Waals surface area contributed by atoms with Crippen molar-refractivity contribution in [2.24, 2.45) is 0 Å². The van der Waals surface area contributed by atoms with E-state index in [1.807, 2.05) is 0 Å². The van der Waals surface area contributed by atoms with Crippen LogP contribution < -0.4 is 5.19 Å². The lowest BCUT2D eigenvalue weighted by Crippen LogP contribution is -2.37. The minimum Gasteiger partial charge on any atom is -0.0656 e. The van der Waals surface area contributed by atoms with Crippen LogP contribution in [-0.2, 0) is 5.41 Å². The van der Waals surface area contributed by atoms with Gasteiger partial charge in [-0.25, -0.2) is 0 Å². The summed E-state index contributed by atoms with van der Waals surface area (Å²) in [5.74, 6) is 1.45. The van der Waals surface area contributed by atoms with Crippen molar-refractivity contribution in [3.05, 3.63) is 65.2 Å². The Morgan fingerprint density at radius 1 is 0.739 bits per heavy atom. The molecule has 2 aromatic rings. The lowest BCUT2D eigenvalue weighted by Gasteiger charge is -2.19. The van der Waals surface area contributed by atoms with Crippen LogP contribution in [0.15, 0.2) is 48.5 Å². The normalized spacial score (nSPS) is 21.3. The predicted octanol–water partition coefficient (Wildman–Crippen LogP) is 5.80. The second-order valence-corrected chi connectivity index (χ2v) is 14.3. The third kappa shape index (κ3) is 3.61. The summed E-state index contributed by atoms with van der Waals surface area (Å²) in [4.78, 5) is 0. The van der Waals surface area contributed by atoms with Crippen molar-refractivity contribution in [1.82, 2.24) is 0 Å². The van der Waals surface area contributed by atoms with Crippen molar-refractivity contribution in [2.45, 2.75) is 64.1 Å². The van der Waals surface area contributed by atoms with E-state index in [-0.39, 0.29) is 5.41 Å². The van der Waals surface area contributed by atoms with Crippen LogP contribution in [0.1, 0.15) is 55.7 Å². The number of benzene rings is 2. The maximum Gasteiger partial charge on any atom is 0.0775 e. The molecule has 0 nitrogen and oxygen atoms in total. The van der Waals surface area contributed by atoms with Crippen molar-refractivity contribution >= 4 is 13.3 Å². The fourth-order valence-electron chi connectivity index (χ4n) is 3.39. The molecule has 0 N–H and O–H groups in total. The maximum absolute atomic E-state index is 2.42. The van der Waals surface area contributed by atoms with Gasteiger partial charge in [0.1, 0.15) is 0 Å². The van der Waals surface area contributed by atoms with E-state index in [0.717, 1.165) is 11.8 Å². The molecule has 1 saturated carbocycles. The minimum absolute atomic E-state index is 0.244. The van der Waals surface area contributed by atoms with Crippen molar-refractivity contribution in [3.63, 3.8) is 0 Å². The molecule has 122 valence electrons. The molecule has 1 aliphatic carbocycles. The first-order valence-electron chi connectivity index (χ1n) is 8.87. The SMILES string of the molecule is CC(C)(C)c1ccc([C@H]2C[C@H]2c2ccc([Si](C)(C)C)cc2)cc1. The zero-order valence-corrected chi connectivity index (χ0v) is 16.5. The molecule has 2 atom stereocenters. The Kier molecular flexibility index (Phi) is 4.04. The highest BCUT2D eigenvalue weighted by molar-refractivity contribution is 6.88. The van der Waals surface area contributed by atoms with Crippen LogP contribution in [0, 0.1) is 0 Å². The fraction of sp³-hybridized carbons (Fsp3) is 0.455. The molecule has 0 aromatic heterocycles. The van der Waals surface area contributed by atoms with Gasteiger partial charge in [-0.2, -0.15) is 0 Å². The van der Waals surface area contributed by atoms with E-state index in [9.17, 15) is 0 Å². The molecule has 0 bridgehead atoms. The first kappa shape index (κ1) is 16.5. The lowest BCUT2D eigenvalue weighted by atomic mass is 9.86. The molecule has 1 aliphatic rings. The van der Waals surface area contributed by atoms with E-state index < -0.39 is 8.07 Å². The molecule has 0 amide bonds. The van der Waals surface area contributed by atoms with Gasteiger partial charge in [-0.3, -0.25) is 0 Å². The predicted molar refractivity (Wildman–Crippen MR) is 105 cm³/mol. The Bertz CT molecular complexity index is 604. The quantitative estimate of drug-likeness (QED) is 0.626. The molecule has 23 heavy (non-hydrogen) atoms. The Hall–Kier alpha value is -1.34. The summed E-state index contributed by atoms with van der Waals surface area (Å²) in [5, 5.41) is 1.56. The summed E-state index contributed by atoms with van der Waals surface area (Å²) in [6, 6.07) is 18.8. The van der Waals surface area contributed by atoms with E-state index in [1.165, 1.54) is 23.1 Å². The molecule has 1 fully saturated rings. The van der Waals surface area contributed by atoms with Crippen LogP contribution in [0.25, 0.3) is 0 Å². The molecule has 0 spiro atoms. The monoisotopic (exact) mass is 322 g/mol. The van der Waals surface area contributed by atoms with Gasteiger partial charge in [0.15, 0.2) is 0 Å². The van der Waals surface area contributed by atoms with Gasteiger partial charge in [0.25, 0.3) is 0 Å². The lowest BCUT2D eigenvalue weighted by molar-refractivity contribution is 0.590. The molecule has 0 aliphatic heterocycles. The standard InChI is InChI=1S/C22H30Si/c1-22(2,3)18-11-7-16(8-12-18)20-15-21(20)17-9-13-19(14-10-17)23(4,5)6/h7-14,20-21H,15H2,1-6H3/t20-,21+/m1/s1. The zero-order valence-electron chi connectivity index (χ0n) is 15.5. The van der Waals surface area contributed by atoms with Gasteiger partial charge in [-0.1, -0.05) is 94.1 Å². The van der Waals surface area contributed by atoms with Gasteiger partial charge < -0.3 is 0 Å². The van der Waals surface area contributed by atoms with Gasteiger partial charge in [0, 0.05) is 0 Å². The highest BCUT2D eigenvalue weighted by Gasteiger charge is 2.39. The maximum atomic E-state index is 2.42. The summed E-state index contributed by atoms with van der Waals surface area (Å²) in [6.45, 7) is 14.1.